The number of nitrogens with zero attached hydrogens (tertiary/aromatic N) is 1. The summed E-state index contributed by atoms with van der Waals surface area (Å²) in [5.74, 6) is 0. The lowest BCUT2D eigenvalue weighted by atomic mass is 10.0. The largest absolute Gasteiger partial charge is 0.379 e. The fourth-order valence-electron chi connectivity index (χ4n) is 2.56. The molecule has 2 saturated heterocycles. The highest BCUT2D eigenvalue weighted by Crippen LogP contribution is 2.12. The Labute approximate surface area is 93.2 Å². The van der Waals surface area contributed by atoms with E-state index in [4.69, 9.17) is 4.74 Å². The quantitative estimate of drug-likeness (QED) is 0.759. The third-order valence-corrected chi connectivity index (χ3v) is 3.54. The van der Waals surface area contributed by atoms with Crippen molar-refractivity contribution in [3.8, 4) is 0 Å². The first-order valence-corrected chi connectivity index (χ1v) is 6.48. The summed E-state index contributed by atoms with van der Waals surface area (Å²) in [6.45, 7) is 6.64. The van der Waals surface area contributed by atoms with E-state index in [-0.39, 0.29) is 0 Å². The lowest BCUT2D eigenvalue weighted by Crippen LogP contribution is -2.38. The van der Waals surface area contributed by atoms with Crippen molar-refractivity contribution in [3.05, 3.63) is 0 Å². The average Bonchev–Trinajstić information content (AvgIpc) is 2.32. The number of morpholine rings is 1. The van der Waals surface area contributed by atoms with Gasteiger partial charge < -0.3 is 10.1 Å². The zero-order valence-corrected chi connectivity index (χ0v) is 9.71. The first kappa shape index (κ1) is 11.4. The SMILES string of the molecule is C1CCC(CCCN2CCOCC2)NC1. The second-order valence-electron chi connectivity index (χ2n) is 4.74. The Morgan fingerprint density at radius 3 is 2.80 bits per heavy atom. The number of piperidine rings is 1. The van der Waals surface area contributed by atoms with E-state index in [0.29, 0.717) is 0 Å². The van der Waals surface area contributed by atoms with Gasteiger partial charge >= 0.3 is 0 Å². The monoisotopic (exact) mass is 212 g/mol. The molecule has 0 radical (unpaired) electrons. The van der Waals surface area contributed by atoms with Crippen molar-refractivity contribution in [3.63, 3.8) is 0 Å². The number of hydrogen-bond acceptors (Lipinski definition) is 3. The summed E-state index contributed by atoms with van der Waals surface area (Å²) in [6.07, 6.45) is 6.90. The van der Waals surface area contributed by atoms with Crippen molar-refractivity contribution < 1.29 is 4.74 Å². The van der Waals surface area contributed by atoms with Crippen LogP contribution in [-0.4, -0.2) is 50.3 Å². The predicted octanol–water partition coefficient (Wildman–Crippen LogP) is 1.24. The van der Waals surface area contributed by atoms with Crippen LogP contribution < -0.4 is 5.32 Å². The van der Waals surface area contributed by atoms with Crippen molar-refractivity contribution >= 4 is 0 Å². The van der Waals surface area contributed by atoms with E-state index >= 15 is 0 Å². The van der Waals surface area contributed by atoms with Gasteiger partial charge in [-0.15, -0.1) is 0 Å². The molecule has 2 aliphatic heterocycles. The molecule has 15 heavy (non-hydrogen) atoms. The van der Waals surface area contributed by atoms with Gasteiger partial charge in [-0.2, -0.15) is 0 Å². The van der Waals surface area contributed by atoms with Crippen molar-refractivity contribution in [2.45, 2.75) is 38.1 Å². The molecule has 1 atom stereocenters. The summed E-state index contributed by atoms with van der Waals surface area (Å²) in [5.41, 5.74) is 0. The van der Waals surface area contributed by atoms with Crippen LogP contribution in [0.25, 0.3) is 0 Å². The standard InChI is InChI=1S/C12H24N2O/c1-2-6-13-12(4-1)5-3-7-14-8-10-15-11-9-14/h12-13H,1-11H2. The zero-order chi connectivity index (χ0) is 10.3. The molecule has 1 N–H and O–H groups in total. The Kier molecular flexibility index (Phi) is 4.90. The van der Waals surface area contributed by atoms with E-state index < -0.39 is 0 Å². The second-order valence-corrected chi connectivity index (χ2v) is 4.74. The Morgan fingerprint density at radius 2 is 2.07 bits per heavy atom. The van der Waals surface area contributed by atoms with E-state index in [2.05, 4.69) is 10.2 Å². The summed E-state index contributed by atoms with van der Waals surface area (Å²) >= 11 is 0. The molecule has 2 fully saturated rings. The molecular formula is C12H24N2O. The van der Waals surface area contributed by atoms with Crippen LogP contribution in [0, 0.1) is 0 Å². The third kappa shape index (κ3) is 4.09. The molecule has 1 unspecified atom stereocenters. The topological polar surface area (TPSA) is 24.5 Å². The second kappa shape index (κ2) is 6.46. The maximum atomic E-state index is 5.34. The Balaban J connectivity index is 1.53. The summed E-state index contributed by atoms with van der Waals surface area (Å²) in [7, 11) is 0. The number of nitrogens with one attached hydrogen (secondary N) is 1. The molecule has 0 saturated carbocycles. The van der Waals surface area contributed by atoms with E-state index in [9.17, 15) is 0 Å². The van der Waals surface area contributed by atoms with Crippen LogP contribution in [0.2, 0.25) is 0 Å². The molecule has 0 aliphatic carbocycles. The van der Waals surface area contributed by atoms with Gasteiger partial charge in [-0.1, -0.05) is 6.42 Å². The van der Waals surface area contributed by atoms with Gasteiger partial charge in [0.05, 0.1) is 13.2 Å². The number of rotatable bonds is 4. The van der Waals surface area contributed by atoms with Gasteiger partial charge in [0.15, 0.2) is 0 Å². The van der Waals surface area contributed by atoms with Crippen molar-refractivity contribution in [2.24, 2.45) is 0 Å². The summed E-state index contributed by atoms with van der Waals surface area (Å²) in [5, 5.41) is 3.61. The maximum Gasteiger partial charge on any atom is 0.0594 e. The Hall–Kier alpha value is -0.120. The predicted molar refractivity (Wildman–Crippen MR) is 62.1 cm³/mol. The first-order valence-electron chi connectivity index (χ1n) is 6.48. The van der Waals surface area contributed by atoms with Gasteiger partial charge in [0.2, 0.25) is 0 Å². The molecule has 88 valence electrons. The van der Waals surface area contributed by atoms with Crippen LogP contribution in [0.3, 0.4) is 0 Å². The molecule has 2 heterocycles. The first-order chi connectivity index (χ1) is 7.45. The summed E-state index contributed by atoms with van der Waals surface area (Å²) in [6, 6.07) is 0.805. The average molecular weight is 212 g/mol. The van der Waals surface area contributed by atoms with Crippen LogP contribution in [0.5, 0.6) is 0 Å². The van der Waals surface area contributed by atoms with Gasteiger partial charge in [0.1, 0.15) is 0 Å². The van der Waals surface area contributed by atoms with Crippen molar-refractivity contribution in [1.82, 2.24) is 10.2 Å². The highest BCUT2D eigenvalue weighted by molar-refractivity contribution is 4.73. The number of hydrogen-bond donors (Lipinski definition) is 1. The summed E-state index contributed by atoms with van der Waals surface area (Å²) in [4.78, 5) is 2.53. The molecule has 2 rings (SSSR count). The Bertz CT molecular complexity index is 145. The minimum atomic E-state index is 0.805. The maximum absolute atomic E-state index is 5.34. The highest BCUT2D eigenvalue weighted by atomic mass is 16.5. The lowest BCUT2D eigenvalue weighted by Gasteiger charge is -2.28. The minimum absolute atomic E-state index is 0.805. The van der Waals surface area contributed by atoms with Gasteiger partial charge in [-0.05, 0) is 38.8 Å². The van der Waals surface area contributed by atoms with Crippen LogP contribution in [-0.2, 0) is 4.74 Å². The van der Waals surface area contributed by atoms with Gasteiger partial charge in [-0.3, -0.25) is 4.90 Å². The molecule has 0 aromatic carbocycles. The molecule has 3 heteroatoms. The fraction of sp³-hybridized carbons (Fsp3) is 1.00. The molecule has 2 aliphatic rings. The van der Waals surface area contributed by atoms with Gasteiger partial charge in [-0.25, -0.2) is 0 Å². The normalized spacial score (nSPS) is 29.2. The molecule has 0 bridgehead atoms. The van der Waals surface area contributed by atoms with E-state index in [0.717, 1.165) is 32.3 Å². The molecule has 0 aromatic heterocycles. The van der Waals surface area contributed by atoms with Crippen LogP contribution in [0.1, 0.15) is 32.1 Å². The fourth-order valence-corrected chi connectivity index (χ4v) is 2.56. The van der Waals surface area contributed by atoms with E-state index in [1.165, 1.54) is 45.2 Å². The highest BCUT2D eigenvalue weighted by Gasteiger charge is 2.14. The van der Waals surface area contributed by atoms with Crippen LogP contribution in [0.4, 0.5) is 0 Å². The van der Waals surface area contributed by atoms with Crippen molar-refractivity contribution in [2.75, 3.05) is 39.4 Å². The number of ether oxygens (including phenoxy) is 1. The minimum Gasteiger partial charge on any atom is -0.379 e. The Morgan fingerprint density at radius 1 is 1.20 bits per heavy atom. The smallest absolute Gasteiger partial charge is 0.0594 e. The zero-order valence-electron chi connectivity index (χ0n) is 9.71. The molecular weight excluding hydrogens is 188 g/mol. The van der Waals surface area contributed by atoms with Crippen LogP contribution >= 0.6 is 0 Å². The van der Waals surface area contributed by atoms with Gasteiger partial charge in [0, 0.05) is 19.1 Å². The van der Waals surface area contributed by atoms with Crippen molar-refractivity contribution in [1.29, 1.82) is 0 Å². The van der Waals surface area contributed by atoms with Crippen LogP contribution in [0.15, 0.2) is 0 Å². The molecule has 3 nitrogen and oxygen atoms in total. The van der Waals surface area contributed by atoms with E-state index in [1.807, 2.05) is 0 Å². The third-order valence-electron chi connectivity index (χ3n) is 3.54. The molecule has 0 aromatic rings. The molecule has 0 spiro atoms. The molecule has 0 amide bonds. The summed E-state index contributed by atoms with van der Waals surface area (Å²) < 4.78 is 5.34. The lowest BCUT2D eigenvalue weighted by molar-refractivity contribution is 0.0368. The van der Waals surface area contributed by atoms with Gasteiger partial charge in [0.25, 0.3) is 0 Å². The van der Waals surface area contributed by atoms with E-state index in [1.54, 1.807) is 0 Å².